The highest BCUT2D eigenvalue weighted by molar-refractivity contribution is 6.00. The largest absolute Gasteiger partial charge is 0.465 e. The highest BCUT2D eigenvalue weighted by Gasteiger charge is 2.25. The monoisotopic (exact) mass is 266 g/mol. The number of hydrogen-bond acceptors (Lipinski definition) is 3. The Hall–Kier alpha value is -1.78. The molecule has 0 atom stereocenters. The average molecular weight is 266 g/mol. The van der Waals surface area contributed by atoms with Gasteiger partial charge in [-0.25, -0.2) is 4.79 Å². The second kappa shape index (κ2) is 6.41. The van der Waals surface area contributed by atoms with Crippen molar-refractivity contribution in [1.82, 2.24) is 9.88 Å². The molecule has 0 saturated carbocycles. The molecule has 0 aliphatic heterocycles. The van der Waals surface area contributed by atoms with E-state index in [1.54, 1.807) is 18.9 Å². The first-order chi connectivity index (χ1) is 8.97. The van der Waals surface area contributed by atoms with E-state index in [0.29, 0.717) is 29.9 Å². The smallest absolute Gasteiger partial charge is 0.339 e. The molecule has 0 radical (unpaired) electrons. The van der Waals surface area contributed by atoms with E-state index in [1.807, 2.05) is 13.8 Å². The zero-order valence-electron chi connectivity index (χ0n) is 12.3. The van der Waals surface area contributed by atoms with Gasteiger partial charge in [-0.2, -0.15) is 0 Å². The van der Waals surface area contributed by atoms with Gasteiger partial charge in [0.05, 0.1) is 12.7 Å². The maximum atomic E-state index is 12.3. The summed E-state index contributed by atoms with van der Waals surface area (Å²) in [5.41, 5.74) is 2.45. The summed E-state index contributed by atoms with van der Waals surface area (Å²) in [6.07, 6.45) is 1.53. The molecule has 106 valence electrons. The van der Waals surface area contributed by atoms with Crippen molar-refractivity contribution in [3.05, 3.63) is 22.5 Å². The van der Waals surface area contributed by atoms with E-state index in [1.165, 1.54) is 7.11 Å². The van der Waals surface area contributed by atoms with Gasteiger partial charge in [-0.15, -0.1) is 0 Å². The lowest BCUT2D eigenvalue weighted by Gasteiger charge is -2.14. The molecule has 0 aromatic carbocycles. The standard InChI is InChI=1S/C14H22N2O3/c1-6-8-10-11(14(18)19-5)9(3)15-12(10)13(17)16(4)7-2/h15H,6-8H2,1-5H3. The SMILES string of the molecule is CCCc1c(C(=O)N(C)CC)[nH]c(C)c1C(=O)OC. The van der Waals surface area contributed by atoms with E-state index >= 15 is 0 Å². The van der Waals surface area contributed by atoms with Crippen molar-refractivity contribution in [2.24, 2.45) is 0 Å². The van der Waals surface area contributed by atoms with E-state index < -0.39 is 5.97 Å². The Morgan fingerprint density at radius 2 is 1.95 bits per heavy atom. The number of hydrogen-bond donors (Lipinski definition) is 1. The Kier molecular flexibility index (Phi) is 5.15. The fourth-order valence-corrected chi connectivity index (χ4v) is 2.07. The van der Waals surface area contributed by atoms with E-state index in [4.69, 9.17) is 4.74 Å². The summed E-state index contributed by atoms with van der Waals surface area (Å²) in [5.74, 6) is -0.486. The van der Waals surface area contributed by atoms with E-state index in [-0.39, 0.29) is 5.91 Å². The van der Waals surface area contributed by atoms with Gasteiger partial charge in [0.15, 0.2) is 0 Å². The number of carbonyl (C=O) groups is 2. The van der Waals surface area contributed by atoms with Gasteiger partial charge >= 0.3 is 5.97 Å². The van der Waals surface area contributed by atoms with Crippen LogP contribution in [0.1, 0.15) is 52.4 Å². The number of ether oxygens (including phenoxy) is 1. The molecular formula is C14H22N2O3. The van der Waals surface area contributed by atoms with Gasteiger partial charge in [0.2, 0.25) is 0 Å². The van der Waals surface area contributed by atoms with Crippen LogP contribution in [0.2, 0.25) is 0 Å². The second-order valence-electron chi connectivity index (χ2n) is 4.54. The molecule has 0 aliphatic carbocycles. The molecule has 1 aromatic rings. The highest BCUT2D eigenvalue weighted by Crippen LogP contribution is 2.22. The van der Waals surface area contributed by atoms with Crippen LogP contribution < -0.4 is 0 Å². The van der Waals surface area contributed by atoms with Gasteiger partial charge in [-0.1, -0.05) is 13.3 Å². The van der Waals surface area contributed by atoms with Crippen molar-refractivity contribution in [1.29, 1.82) is 0 Å². The van der Waals surface area contributed by atoms with Crippen LogP contribution in [0, 0.1) is 6.92 Å². The molecule has 1 heterocycles. The lowest BCUT2D eigenvalue weighted by atomic mass is 10.0. The number of carbonyl (C=O) groups excluding carboxylic acids is 2. The lowest BCUT2D eigenvalue weighted by Crippen LogP contribution is -2.27. The quantitative estimate of drug-likeness (QED) is 0.831. The summed E-state index contributed by atoms with van der Waals surface area (Å²) < 4.78 is 4.80. The van der Waals surface area contributed by atoms with Crippen LogP contribution in [0.5, 0.6) is 0 Å². The first kappa shape index (κ1) is 15.3. The van der Waals surface area contributed by atoms with Crippen molar-refractivity contribution >= 4 is 11.9 Å². The number of nitrogens with one attached hydrogen (secondary N) is 1. The first-order valence-corrected chi connectivity index (χ1v) is 6.53. The van der Waals surface area contributed by atoms with Gasteiger partial charge in [0.1, 0.15) is 5.69 Å². The summed E-state index contributed by atoms with van der Waals surface area (Å²) >= 11 is 0. The molecule has 1 aromatic heterocycles. The molecule has 0 unspecified atom stereocenters. The predicted molar refractivity (Wildman–Crippen MR) is 73.5 cm³/mol. The van der Waals surface area contributed by atoms with E-state index in [0.717, 1.165) is 12.0 Å². The zero-order chi connectivity index (χ0) is 14.6. The minimum Gasteiger partial charge on any atom is -0.465 e. The highest BCUT2D eigenvalue weighted by atomic mass is 16.5. The molecule has 1 rings (SSSR count). The number of aryl methyl sites for hydroxylation is 1. The molecular weight excluding hydrogens is 244 g/mol. The van der Waals surface area contributed by atoms with Crippen LogP contribution in [-0.2, 0) is 11.2 Å². The third kappa shape index (κ3) is 2.97. The molecule has 1 amide bonds. The average Bonchev–Trinajstić information content (AvgIpc) is 2.73. The third-order valence-corrected chi connectivity index (χ3v) is 3.22. The van der Waals surface area contributed by atoms with Gasteiger partial charge in [-0.3, -0.25) is 4.79 Å². The number of nitrogens with zero attached hydrogens (tertiary/aromatic N) is 1. The number of aromatic amines is 1. The van der Waals surface area contributed by atoms with Crippen LogP contribution in [-0.4, -0.2) is 42.5 Å². The molecule has 5 heteroatoms. The van der Waals surface area contributed by atoms with Crippen molar-refractivity contribution in [2.45, 2.75) is 33.6 Å². The maximum absolute atomic E-state index is 12.3. The molecule has 19 heavy (non-hydrogen) atoms. The summed E-state index contributed by atoms with van der Waals surface area (Å²) in [5, 5.41) is 0. The Morgan fingerprint density at radius 3 is 2.42 bits per heavy atom. The molecule has 0 spiro atoms. The Morgan fingerprint density at radius 1 is 1.32 bits per heavy atom. The van der Waals surface area contributed by atoms with E-state index in [9.17, 15) is 9.59 Å². The predicted octanol–water partition coefficient (Wildman–Crippen LogP) is 2.15. The van der Waals surface area contributed by atoms with E-state index in [2.05, 4.69) is 4.98 Å². The molecule has 0 fully saturated rings. The topological polar surface area (TPSA) is 62.4 Å². The molecule has 0 saturated heterocycles. The number of rotatable bonds is 5. The van der Waals surface area contributed by atoms with Crippen LogP contribution in [0.3, 0.4) is 0 Å². The van der Waals surface area contributed by atoms with Gasteiger partial charge in [0, 0.05) is 19.3 Å². The van der Waals surface area contributed by atoms with Crippen molar-refractivity contribution in [2.75, 3.05) is 20.7 Å². The maximum Gasteiger partial charge on any atom is 0.339 e. The molecule has 0 bridgehead atoms. The summed E-state index contributed by atoms with van der Waals surface area (Å²) in [4.78, 5) is 28.8. The minimum atomic E-state index is -0.393. The third-order valence-electron chi connectivity index (χ3n) is 3.22. The molecule has 0 aliphatic rings. The van der Waals surface area contributed by atoms with Crippen LogP contribution in [0.25, 0.3) is 0 Å². The number of esters is 1. The van der Waals surface area contributed by atoms with Gasteiger partial charge < -0.3 is 14.6 Å². The Bertz CT molecular complexity index is 477. The Labute approximate surface area is 113 Å². The summed E-state index contributed by atoms with van der Waals surface area (Å²) in [6, 6.07) is 0. The number of amides is 1. The first-order valence-electron chi connectivity index (χ1n) is 6.53. The van der Waals surface area contributed by atoms with Gasteiger partial charge in [-0.05, 0) is 25.8 Å². The zero-order valence-corrected chi connectivity index (χ0v) is 12.3. The van der Waals surface area contributed by atoms with Crippen LogP contribution in [0.15, 0.2) is 0 Å². The summed E-state index contributed by atoms with van der Waals surface area (Å²) in [7, 11) is 3.09. The van der Waals surface area contributed by atoms with Crippen molar-refractivity contribution in [3.63, 3.8) is 0 Å². The number of aromatic nitrogens is 1. The number of methoxy groups -OCH3 is 1. The number of H-pyrrole nitrogens is 1. The van der Waals surface area contributed by atoms with Crippen molar-refractivity contribution in [3.8, 4) is 0 Å². The van der Waals surface area contributed by atoms with Gasteiger partial charge in [0.25, 0.3) is 5.91 Å². The minimum absolute atomic E-state index is 0.0933. The fourth-order valence-electron chi connectivity index (χ4n) is 2.07. The Balaban J connectivity index is 3.33. The molecule has 1 N–H and O–H groups in total. The molecule has 5 nitrogen and oxygen atoms in total. The van der Waals surface area contributed by atoms with Crippen LogP contribution in [0.4, 0.5) is 0 Å². The second-order valence-corrected chi connectivity index (χ2v) is 4.54. The summed E-state index contributed by atoms with van der Waals surface area (Å²) in [6.45, 7) is 6.33. The van der Waals surface area contributed by atoms with Crippen molar-refractivity contribution < 1.29 is 14.3 Å². The fraction of sp³-hybridized carbons (Fsp3) is 0.571. The van der Waals surface area contributed by atoms with Crippen LogP contribution >= 0.6 is 0 Å². The lowest BCUT2D eigenvalue weighted by molar-refractivity contribution is 0.0599. The normalized spacial score (nSPS) is 10.4.